The highest BCUT2D eigenvalue weighted by Gasteiger charge is 2.15. The Morgan fingerprint density at radius 1 is 1.17 bits per heavy atom. The highest BCUT2D eigenvalue weighted by atomic mass is 32.1. The lowest BCUT2D eigenvalue weighted by Crippen LogP contribution is -2.28. The van der Waals surface area contributed by atoms with Gasteiger partial charge < -0.3 is 9.55 Å². The van der Waals surface area contributed by atoms with Crippen LogP contribution >= 0.6 is 12.2 Å². The topological polar surface area (TPSA) is 89.8 Å². The number of H-pyrrole nitrogens is 1. The third-order valence-electron chi connectivity index (χ3n) is 3.81. The molecule has 8 heteroatoms. The molecule has 2 aromatic heterocycles. The van der Waals surface area contributed by atoms with Crippen molar-refractivity contribution in [2.45, 2.75) is 6.42 Å². The molecule has 0 spiro atoms. The average molecular weight is 342 g/mol. The fourth-order valence-corrected chi connectivity index (χ4v) is 2.61. The van der Waals surface area contributed by atoms with Crippen LogP contribution in [0, 0.1) is 4.77 Å². The molecule has 0 radical (unpaired) electrons. The van der Waals surface area contributed by atoms with E-state index in [4.69, 9.17) is 12.2 Å². The van der Waals surface area contributed by atoms with Gasteiger partial charge in [0, 0.05) is 19.7 Å². The molecule has 0 saturated heterocycles. The molecule has 0 bridgehead atoms. The van der Waals surface area contributed by atoms with Crippen molar-refractivity contribution in [2.75, 3.05) is 0 Å². The molecule has 0 saturated carbocycles. The van der Waals surface area contributed by atoms with Gasteiger partial charge in [-0.25, -0.2) is 4.98 Å². The van der Waals surface area contributed by atoms with Crippen molar-refractivity contribution in [1.29, 1.82) is 0 Å². The molecule has 3 rings (SSSR count). The van der Waals surface area contributed by atoms with Crippen molar-refractivity contribution in [2.24, 2.45) is 14.1 Å². The summed E-state index contributed by atoms with van der Waals surface area (Å²) in [6.45, 7) is 0. The minimum atomic E-state index is -0.509. The summed E-state index contributed by atoms with van der Waals surface area (Å²) in [6.07, 6.45) is -0.183. The van der Waals surface area contributed by atoms with Crippen LogP contribution in [0.15, 0.2) is 39.9 Å². The molecule has 0 aliphatic heterocycles. The molecule has 0 unspecified atom stereocenters. The number of hydrogen-bond donors (Lipinski definition) is 1. The van der Waals surface area contributed by atoms with Gasteiger partial charge in [-0.3, -0.25) is 19.0 Å². The lowest BCUT2D eigenvalue weighted by Gasteiger charge is -2.09. The number of rotatable bonds is 3. The van der Waals surface area contributed by atoms with E-state index in [2.05, 4.69) is 9.97 Å². The highest BCUT2D eigenvalue weighted by Crippen LogP contribution is 2.06. The summed E-state index contributed by atoms with van der Waals surface area (Å²) in [6, 6.07) is 8.62. The number of carbonyl (C=O) groups is 1. The molecule has 7 nitrogen and oxygen atoms in total. The lowest BCUT2D eigenvalue weighted by molar-refractivity contribution is 0.0991. The third kappa shape index (κ3) is 2.61. The molecule has 24 heavy (non-hydrogen) atoms. The molecule has 0 fully saturated rings. The molecule has 0 atom stereocenters. The summed E-state index contributed by atoms with van der Waals surface area (Å²) in [5, 5.41) is 0. The van der Waals surface area contributed by atoms with Gasteiger partial charge in [-0.15, -0.1) is 0 Å². The average Bonchev–Trinajstić information content (AvgIpc) is 2.60. The first-order valence-electron chi connectivity index (χ1n) is 7.17. The van der Waals surface area contributed by atoms with E-state index in [1.807, 2.05) is 0 Å². The number of nitrogens with one attached hydrogen (secondary N) is 1. The molecule has 1 N–H and O–H groups in total. The lowest BCUT2D eigenvalue weighted by atomic mass is 10.1. The van der Waals surface area contributed by atoms with E-state index >= 15 is 0 Å². The summed E-state index contributed by atoms with van der Waals surface area (Å²) in [5.41, 5.74) is -0.125. The Morgan fingerprint density at radius 2 is 1.83 bits per heavy atom. The molecule has 1 aromatic carbocycles. The second kappa shape index (κ2) is 5.97. The van der Waals surface area contributed by atoms with E-state index in [0.29, 0.717) is 5.56 Å². The largest absolute Gasteiger partial charge is 0.306 e. The van der Waals surface area contributed by atoms with Crippen LogP contribution in [0.1, 0.15) is 16.1 Å². The summed E-state index contributed by atoms with van der Waals surface area (Å²) in [7, 11) is 3.17. The fraction of sp³-hybridized carbons (Fsp3) is 0.188. The number of aromatic amines is 1. The van der Waals surface area contributed by atoms with Crippen molar-refractivity contribution in [3.05, 3.63) is 67.1 Å². The van der Waals surface area contributed by atoms with Gasteiger partial charge in [0.25, 0.3) is 11.1 Å². The van der Waals surface area contributed by atoms with Crippen LogP contribution in [0.3, 0.4) is 0 Å². The van der Waals surface area contributed by atoms with E-state index in [1.165, 1.54) is 16.2 Å². The van der Waals surface area contributed by atoms with Gasteiger partial charge >= 0.3 is 0 Å². The maximum atomic E-state index is 12.3. The van der Waals surface area contributed by atoms with Gasteiger partial charge in [-0.05, 0) is 12.2 Å². The van der Waals surface area contributed by atoms with Crippen LogP contribution < -0.4 is 11.1 Å². The molecule has 0 aliphatic carbocycles. The molecule has 0 amide bonds. The Balaban J connectivity index is 2.16. The number of carbonyl (C=O) groups excluding carboxylic acids is 1. The zero-order chi connectivity index (χ0) is 17.4. The van der Waals surface area contributed by atoms with Crippen molar-refractivity contribution >= 4 is 29.2 Å². The fourth-order valence-electron chi connectivity index (χ4n) is 2.43. The van der Waals surface area contributed by atoms with Crippen molar-refractivity contribution < 1.29 is 4.79 Å². The standard InChI is InChI=1S/C16H14N4O3S/c1-19-13-12(15(23)20(2)16(19)24)17-10(14(22)18-13)8-11(21)9-6-4-3-5-7-9/h3-7H,8H2,1-2H3,(H,18,22). The van der Waals surface area contributed by atoms with Gasteiger partial charge in [-0.1, -0.05) is 30.3 Å². The minimum absolute atomic E-state index is 0.00516. The Bertz CT molecular complexity index is 1130. The summed E-state index contributed by atoms with van der Waals surface area (Å²) in [5.74, 6) is -0.242. The van der Waals surface area contributed by atoms with Gasteiger partial charge in [0.05, 0.1) is 6.42 Å². The van der Waals surface area contributed by atoms with Gasteiger partial charge in [0.1, 0.15) is 11.3 Å². The van der Waals surface area contributed by atoms with Gasteiger partial charge in [0.15, 0.2) is 16.1 Å². The molecular weight excluding hydrogens is 328 g/mol. The predicted octanol–water partition coefficient (Wildman–Crippen LogP) is 1.12. The van der Waals surface area contributed by atoms with E-state index in [9.17, 15) is 14.4 Å². The number of benzene rings is 1. The number of hydrogen-bond acceptors (Lipinski definition) is 5. The zero-order valence-electron chi connectivity index (χ0n) is 13.1. The number of aryl methyl sites for hydroxylation is 1. The van der Waals surface area contributed by atoms with E-state index in [-0.39, 0.29) is 33.8 Å². The predicted molar refractivity (Wildman–Crippen MR) is 91.9 cm³/mol. The van der Waals surface area contributed by atoms with Crippen LogP contribution in [0.25, 0.3) is 11.2 Å². The molecule has 3 aromatic rings. The summed E-state index contributed by atoms with van der Waals surface area (Å²) < 4.78 is 3.03. The van der Waals surface area contributed by atoms with Crippen LogP contribution in [-0.4, -0.2) is 24.9 Å². The number of Topliss-reactive ketones (excluding diaryl/α,β-unsaturated/α-hetero) is 1. The molecule has 2 heterocycles. The molecule has 122 valence electrons. The number of aromatic nitrogens is 4. The Morgan fingerprint density at radius 3 is 2.50 bits per heavy atom. The Hall–Kier alpha value is -2.87. The Kier molecular flexibility index (Phi) is 3.98. The normalized spacial score (nSPS) is 10.9. The molecule has 0 aliphatic rings. The second-order valence-corrected chi connectivity index (χ2v) is 5.75. The zero-order valence-corrected chi connectivity index (χ0v) is 13.9. The minimum Gasteiger partial charge on any atom is -0.306 e. The maximum Gasteiger partial charge on any atom is 0.282 e. The monoisotopic (exact) mass is 342 g/mol. The summed E-state index contributed by atoms with van der Waals surface area (Å²) >= 11 is 5.14. The second-order valence-electron chi connectivity index (χ2n) is 5.38. The van der Waals surface area contributed by atoms with Crippen LogP contribution in [0.5, 0.6) is 0 Å². The Labute approximate surface area is 141 Å². The first kappa shape index (κ1) is 16.0. The third-order valence-corrected chi connectivity index (χ3v) is 4.35. The van der Waals surface area contributed by atoms with Crippen molar-refractivity contribution in [3.8, 4) is 0 Å². The van der Waals surface area contributed by atoms with Crippen LogP contribution in [0.4, 0.5) is 0 Å². The quantitative estimate of drug-likeness (QED) is 0.569. The van der Waals surface area contributed by atoms with E-state index in [1.54, 1.807) is 37.4 Å². The number of fused-ring (bicyclic) bond motifs is 1. The molecular formula is C16H14N4O3S. The number of nitrogens with zero attached hydrogens (tertiary/aromatic N) is 3. The first-order chi connectivity index (χ1) is 11.4. The maximum absolute atomic E-state index is 12.3. The van der Waals surface area contributed by atoms with E-state index in [0.717, 1.165) is 0 Å². The van der Waals surface area contributed by atoms with Crippen LogP contribution in [-0.2, 0) is 20.5 Å². The van der Waals surface area contributed by atoms with Gasteiger partial charge in [0.2, 0.25) is 0 Å². The van der Waals surface area contributed by atoms with Crippen molar-refractivity contribution in [1.82, 2.24) is 19.1 Å². The van der Waals surface area contributed by atoms with Crippen LogP contribution in [0.2, 0.25) is 0 Å². The first-order valence-corrected chi connectivity index (χ1v) is 7.58. The smallest absolute Gasteiger partial charge is 0.282 e. The van der Waals surface area contributed by atoms with Gasteiger partial charge in [-0.2, -0.15) is 0 Å². The van der Waals surface area contributed by atoms with E-state index < -0.39 is 11.1 Å². The summed E-state index contributed by atoms with van der Waals surface area (Å²) in [4.78, 5) is 43.6. The van der Waals surface area contributed by atoms with Crippen molar-refractivity contribution in [3.63, 3.8) is 0 Å². The highest BCUT2D eigenvalue weighted by molar-refractivity contribution is 7.71. The SMILES string of the molecule is Cn1c(=O)c2nc(CC(=O)c3ccccc3)c(=O)[nH]c2n(C)c1=S. The number of ketones is 1.